The molecule has 0 aliphatic rings. The summed E-state index contributed by atoms with van der Waals surface area (Å²) in [5.41, 5.74) is 8.85. The summed E-state index contributed by atoms with van der Waals surface area (Å²) in [6.07, 6.45) is 1.54. The summed E-state index contributed by atoms with van der Waals surface area (Å²) in [7, 11) is 1.37. The van der Waals surface area contributed by atoms with E-state index in [0.29, 0.717) is 5.56 Å². The number of nitrogens with two attached hydrogens (primary N) is 1. The number of methoxy groups -OCH3 is 1. The lowest BCUT2D eigenvalue weighted by Gasteiger charge is -2.19. The zero-order chi connectivity index (χ0) is 18.2. The first kappa shape index (κ1) is 19.1. The van der Waals surface area contributed by atoms with Crippen LogP contribution in [0.4, 0.5) is 0 Å². The third-order valence-corrected chi connectivity index (χ3v) is 4.43. The monoisotopic (exact) mass is 355 g/mol. The van der Waals surface area contributed by atoms with E-state index in [1.807, 2.05) is 36.4 Å². The Morgan fingerprint density at radius 1 is 1.16 bits per heavy atom. The Balaban J connectivity index is 1.87. The van der Waals surface area contributed by atoms with Gasteiger partial charge in [0, 0.05) is 23.0 Å². The van der Waals surface area contributed by atoms with Crippen LogP contribution in [0.2, 0.25) is 5.02 Å². The Morgan fingerprint density at radius 2 is 1.80 bits per heavy atom. The molecule has 0 unspecified atom stereocenters. The Hall–Kier alpha value is -2.28. The number of carbonyl (C=O) groups is 1. The first-order chi connectivity index (χ1) is 12.0. The highest BCUT2D eigenvalue weighted by atomic mass is 35.5. The first-order valence-electron chi connectivity index (χ1n) is 8.19. The van der Waals surface area contributed by atoms with Crippen molar-refractivity contribution in [3.8, 4) is 11.8 Å². The number of ether oxygens (including phenoxy) is 1. The van der Waals surface area contributed by atoms with E-state index in [0.717, 1.165) is 23.4 Å². The molecule has 0 saturated heterocycles. The lowest BCUT2D eigenvalue weighted by atomic mass is 9.91. The topological polar surface area (TPSA) is 52.3 Å². The van der Waals surface area contributed by atoms with Crippen LogP contribution in [0.3, 0.4) is 0 Å². The second-order valence-corrected chi connectivity index (χ2v) is 6.35. The number of rotatable bonds is 5. The molecule has 3 nitrogen and oxygen atoms in total. The van der Waals surface area contributed by atoms with Crippen molar-refractivity contribution < 1.29 is 9.53 Å². The van der Waals surface area contributed by atoms with Crippen molar-refractivity contribution in [2.75, 3.05) is 7.11 Å². The van der Waals surface area contributed by atoms with Gasteiger partial charge < -0.3 is 10.5 Å². The van der Waals surface area contributed by atoms with Crippen LogP contribution >= 0.6 is 11.6 Å². The molecule has 25 heavy (non-hydrogen) atoms. The highest BCUT2D eigenvalue weighted by Gasteiger charge is 2.14. The normalized spacial score (nSPS) is 12.6. The molecule has 0 radical (unpaired) electrons. The average Bonchev–Trinajstić information content (AvgIpc) is 2.65. The van der Waals surface area contributed by atoms with E-state index >= 15 is 0 Å². The van der Waals surface area contributed by atoms with Crippen LogP contribution in [0.1, 0.15) is 47.2 Å². The van der Waals surface area contributed by atoms with Crippen molar-refractivity contribution in [3.63, 3.8) is 0 Å². The van der Waals surface area contributed by atoms with E-state index in [4.69, 9.17) is 17.3 Å². The Labute approximate surface area is 154 Å². The highest BCUT2D eigenvalue weighted by molar-refractivity contribution is 6.30. The fraction of sp³-hybridized carbons (Fsp3) is 0.286. The molecule has 2 atom stereocenters. The molecule has 0 aliphatic carbocycles. The molecule has 0 aromatic heterocycles. The van der Waals surface area contributed by atoms with Gasteiger partial charge >= 0.3 is 5.97 Å². The molecule has 0 heterocycles. The summed E-state index contributed by atoms with van der Waals surface area (Å²) in [6.45, 7) is 2.12. The molecule has 0 fully saturated rings. The van der Waals surface area contributed by atoms with Gasteiger partial charge in [0.1, 0.15) is 0 Å². The van der Waals surface area contributed by atoms with Gasteiger partial charge in [-0.15, -0.1) is 0 Å². The third-order valence-electron chi connectivity index (χ3n) is 4.18. The summed E-state index contributed by atoms with van der Waals surface area (Å²) < 4.78 is 4.67. The maximum absolute atomic E-state index is 11.4. The smallest absolute Gasteiger partial charge is 0.337 e. The number of benzene rings is 2. The molecule has 0 amide bonds. The van der Waals surface area contributed by atoms with Crippen molar-refractivity contribution in [1.29, 1.82) is 0 Å². The second-order valence-electron chi connectivity index (χ2n) is 5.91. The molecule has 0 bridgehead atoms. The van der Waals surface area contributed by atoms with Gasteiger partial charge in [-0.25, -0.2) is 4.79 Å². The van der Waals surface area contributed by atoms with E-state index in [1.54, 1.807) is 12.1 Å². The van der Waals surface area contributed by atoms with Crippen LogP contribution in [0, 0.1) is 11.8 Å². The molecule has 2 aromatic rings. The quantitative estimate of drug-likeness (QED) is 0.639. The van der Waals surface area contributed by atoms with Gasteiger partial charge in [-0.2, -0.15) is 0 Å². The van der Waals surface area contributed by atoms with Gasteiger partial charge in [0.25, 0.3) is 0 Å². The van der Waals surface area contributed by atoms with Gasteiger partial charge in [0.05, 0.1) is 12.7 Å². The van der Waals surface area contributed by atoms with Crippen molar-refractivity contribution in [1.82, 2.24) is 0 Å². The summed E-state index contributed by atoms with van der Waals surface area (Å²) >= 11 is 5.92. The van der Waals surface area contributed by atoms with Crippen LogP contribution in [0.25, 0.3) is 0 Å². The first-order valence-corrected chi connectivity index (χ1v) is 8.57. The molecule has 2 N–H and O–H groups in total. The lowest BCUT2D eigenvalue weighted by molar-refractivity contribution is 0.0600. The van der Waals surface area contributed by atoms with Gasteiger partial charge in [0.15, 0.2) is 0 Å². The number of halogens is 1. The number of esters is 1. The van der Waals surface area contributed by atoms with Crippen LogP contribution < -0.4 is 5.73 Å². The molecule has 4 heteroatoms. The second kappa shape index (κ2) is 9.27. The predicted molar refractivity (Wildman–Crippen MR) is 102 cm³/mol. The van der Waals surface area contributed by atoms with E-state index < -0.39 is 0 Å². The lowest BCUT2D eigenvalue weighted by Crippen LogP contribution is -2.26. The van der Waals surface area contributed by atoms with Gasteiger partial charge in [0.2, 0.25) is 0 Å². The maximum atomic E-state index is 11.4. The van der Waals surface area contributed by atoms with Crippen LogP contribution in [-0.4, -0.2) is 19.1 Å². The van der Waals surface area contributed by atoms with Gasteiger partial charge in [-0.1, -0.05) is 42.5 Å². The number of hydrogen-bond acceptors (Lipinski definition) is 3. The molecule has 2 rings (SSSR count). The van der Waals surface area contributed by atoms with Crippen molar-refractivity contribution in [3.05, 3.63) is 70.2 Å². The maximum Gasteiger partial charge on any atom is 0.337 e. The third kappa shape index (κ3) is 5.63. The Bertz CT molecular complexity index is 757. The zero-order valence-electron chi connectivity index (χ0n) is 14.5. The van der Waals surface area contributed by atoms with E-state index in [-0.39, 0.29) is 17.9 Å². The molecular weight excluding hydrogens is 334 g/mol. The summed E-state index contributed by atoms with van der Waals surface area (Å²) in [5.74, 6) is 6.14. The number of carbonyl (C=O) groups excluding carboxylic acids is 1. The average molecular weight is 356 g/mol. The highest BCUT2D eigenvalue weighted by Crippen LogP contribution is 2.22. The fourth-order valence-corrected chi connectivity index (χ4v) is 2.60. The SMILES string of the molecule is COC(=O)c1ccc(C#CCC[C@@H](N)[C@H](C)c2ccc(Cl)cc2)cc1. The molecule has 0 saturated carbocycles. The molecular formula is C21H22ClNO2. The van der Waals surface area contributed by atoms with Crippen molar-refractivity contribution in [2.45, 2.75) is 31.7 Å². The number of hydrogen-bond donors (Lipinski definition) is 1. The molecule has 0 spiro atoms. The van der Waals surface area contributed by atoms with Gasteiger partial charge in [-0.3, -0.25) is 0 Å². The Morgan fingerprint density at radius 3 is 2.40 bits per heavy atom. The molecule has 2 aromatic carbocycles. The van der Waals surface area contributed by atoms with E-state index in [2.05, 4.69) is 23.5 Å². The van der Waals surface area contributed by atoms with Crippen LogP contribution in [0.5, 0.6) is 0 Å². The minimum Gasteiger partial charge on any atom is -0.465 e. The summed E-state index contributed by atoms with van der Waals surface area (Å²) in [6, 6.07) is 14.9. The van der Waals surface area contributed by atoms with Crippen molar-refractivity contribution >= 4 is 17.6 Å². The van der Waals surface area contributed by atoms with E-state index in [1.165, 1.54) is 12.7 Å². The van der Waals surface area contributed by atoms with Crippen LogP contribution in [0.15, 0.2) is 48.5 Å². The molecule has 130 valence electrons. The predicted octanol–water partition coefficient (Wildman–Crippen LogP) is 4.39. The minimum absolute atomic E-state index is 0.0391. The minimum atomic E-state index is -0.346. The largest absolute Gasteiger partial charge is 0.465 e. The summed E-state index contributed by atoms with van der Waals surface area (Å²) in [5, 5.41) is 0.730. The summed E-state index contributed by atoms with van der Waals surface area (Å²) in [4.78, 5) is 11.4. The van der Waals surface area contributed by atoms with Crippen molar-refractivity contribution in [2.24, 2.45) is 5.73 Å². The van der Waals surface area contributed by atoms with E-state index in [9.17, 15) is 4.79 Å². The fourth-order valence-electron chi connectivity index (χ4n) is 2.47. The standard InChI is InChI=1S/C21H22ClNO2/c1-15(17-11-13-19(22)14-12-17)20(23)6-4-3-5-16-7-9-18(10-8-16)21(24)25-2/h7-15,20H,4,6,23H2,1-2H3/t15-,20-/m1/s1. The Kier molecular flexibility index (Phi) is 7.06. The van der Waals surface area contributed by atoms with Gasteiger partial charge in [-0.05, 0) is 54.3 Å². The zero-order valence-corrected chi connectivity index (χ0v) is 15.2. The molecule has 0 aliphatic heterocycles. The van der Waals surface area contributed by atoms with Crippen LogP contribution in [-0.2, 0) is 4.74 Å².